The van der Waals surface area contributed by atoms with Crippen molar-refractivity contribution >= 4 is 23.9 Å². The molecule has 1 saturated carbocycles. The maximum atomic E-state index is 13.1. The molecule has 1 saturated heterocycles. The molecule has 11 nitrogen and oxygen atoms in total. The molecule has 1 heterocycles. The van der Waals surface area contributed by atoms with Crippen LogP contribution in [0.15, 0.2) is 54.6 Å². The molecule has 1 amide bonds. The summed E-state index contributed by atoms with van der Waals surface area (Å²) in [5.74, 6) is -3.17. The molecule has 2 aliphatic rings. The smallest absolute Gasteiger partial charge is 0.331 e. The minimum Gasteiger partial charge on any atom is -0.504 e. The van der Waals surface area contributed by atoms with E-state index in [1.165, 1.54) is 42.5 Å². The van der Waals surface area contributed by atoms with Gasteiger partial charge in [-0.25, -0.2) is 9.59 Å². The summed E-state index contributed by atoms with van der Waals surface area (Å²) in [5.41, 5.74) is -0.708. The lowest BCUT2D eigenvalue weighted by Crippen LogP contribution is -2.56. The summed E-state index contributed by atoms with van der Waals surface area (Å²) in [4.78, 5) is 40.0. The van der Waals surface area contributed by atoms with Gasteiger partial charge in [-0.15, -0.1) is 0 Å². The number of aliphatic hydroxyl groups is 1. The predicted octanol–water partition coefficient (Wildman–Crippen LogP) is 2.68. The summed E-state index contributed by atoms with van der Waals surface area (Å²) < 4.78 is 11.1. The van der Waals surface area contributed by atoms with Gasteiger partial charge in [-0.05, 0) is 73.6 Å². The molecule has 4 rings (SSSR count). The van der Waals surface area contributed by atoms with Crippen LogP contribution in [0.4, 0.5) is 0 Å². The van der Waals surface area contributed by atoms with E-state index in [2.05, 4.69) is 0 Å². The van der Waals surface area contributed by atoms with Crippen LogP contribution >= 0.6 is 0 Å². The number of carbonyl (C=O) groups excluding carboxylic acids is 3. The summed E-state index contributed by atoms with van der Waals surface area (Å²) in [5, 5.41) is 49.4. The summed E-state index contributed by atoms with van der Waals surface area (Å²) in [6, 6.07) is 8.29. The fourth-order valence-electron chi connectivity index (χ4n) is 4.97. The number of rotatable bonds is 8. The number of phenols is 4. The molecule has 0 spiro atoms. The van der Waals surface area contributed by atoms with E-state index in [1.54, 1.807) is 11.0 Å². The molecule has 0 unspecified atom stereocenters. The van der Waals surface area contributed by atoms with E-state index in [1.807, 2.05) is 0 Å². The van der Waals surface area contributed by atoms with Gasteiger partial charge in [-0.3, -0.25) is 4.79 Å². The van der Waals surface area contributed by atoms with Gasteiger partial charge in [0.25, 0.3) is 5.91 Å². The van der Waals surface area contributed by atoms with Crippen molar-refractivity contribution in [2.75, 3.05) is 13.1 Å². The second kappa shape index (κ2) is 12.8. The second-order valence-corrected chi connectivity index (χ2v) is 10.2. The molecule has 2 aromatic carbocycles. The summed E-state index contributed by atoms with van der Waals surface area (Å²) in [7, 11) is 0. The average Bonchev–Trinajstić information content (AvgIpc) is 3.47. The summed E-state index contributed by atoms with van der Waals surface area (Å²) in [6.07, 6.45) is 4.89. The van der Waals surface area contributed by atoms with E-state index in [4.69, 9.17) is 9.47 Å². The maximum Gasteiger partial charge on any atom is 0.331 e. The zero-order valence-corrected chi connectivity index (χ0v) is 22.3. The van der Waals surface area contributed by atoms with Gasteiger partial charge < -0.3 is 39.9 Å². The lowest BCUT2D eigenvalue weighted by molar-refractivity contribution is -0.183. The molecule has 2 aromatic rings. The van der Waals surface area contributed by atoms with Gasteiger partial charge in [0, 0.05) is 31.7 Å². The number of esters is 2. The van der Waals surface area contributed by atoms with Crippen molar-refractivity contribution in [1.82, 2.24) is 4.90 Å². The number of allylic oxidation sites excluding steroid dienone is 1. The molecule has 0 bridgehead atoms. The Bertz CT molecular complexity index is 1350. The largest absolute Gasteiger partial charge is 0.504 e. The van der Waals surface area contributed by atoms with Crippen LogP contribution in [0, 0.1) is 0 Å². The first-order valence-corrected chi connectivity index (χ1v) is 13.3. The minimum atomic E-state index is -1.77. The Kier molecular flexibility index (Phi) is 9.18. The Morgan fingerprint density at radius 2 is 1.49 bits per heavy atom. The Morgan fingerprint density at radius 3 is 2.17 bits per heavy atom. The number of phenolic OH excluding ortho intramolecular Hbond substituents is 4. The standard InChI is InChI=1S/C30H33NO10/c32-21-9-6-19(16-23(21)34)4-3-5-27(36)41-26-18-30(39,29(38)31-14-1-2-15-31)13-12-25(26)40-28(37)11-8-20-7-10-22(33)24(35)17-20/h3,5-11,16-17,25-26,32-35,39H,1-2,4,12-15,18H2/t25-,26-,30+/m1/s1. The van der Waals surface area contributed by atoms with E-state index < -0.39 is 35.7 Å². The normalized spacial score (nSPS) is 22.7. The van der Waals surface area contributed by atoms with Crippen LogP contribution in [0.3, 0.4) is 0 Å². The molecule has 1 aliphatic heterocycles. The SMILES string of the molecule is O=C(C=Cc1ccc(O)c(O)c1)O[C@@H]1CC[C@@](O)(C(=O)N2CCCC2)C[C@H]1OC(=O)C=CCc1ccc(O)c(O)c1. The number of hydrogen-bond donors (Lipinski definition) is 5. The Hall–Kier alpha value is -4.51. The number of nitrogens with zero attached hydrogens (tertiary/aromatic N) is 1. The quantitative estimate of drug-likeness (QED) is 0.181. The number of aromatic hydroxyl groups is 4. The van der Waals surface area contributed by atoms with Crippen LogP contribution in [0.2, 0.25) is 0 Å². The molecule has 41 heavy (non-hydrogen) atoms. The molecule has 3 atom stereocenters. The van der Waals surface area contributed by atoms with Crippen molar-refractivity contribution in [3.05, 3.63) is 65.8 Å². The van der Waals surface area contributed by atoms with E-state index in [-0.39, 0.29) is 48.7 Å². The molecular weight excluding hydrogens is 534 g/mol. The second-order valence-electron chi connectivity index (χ2n) is 10.2. The van der Waals surface area contributed by atoms with Gasteiger partial charge in [0.05, 0.1) is 0 Å². The predicted molar refractivity (Wildman–Crippen MR) is 146 cm³/mol. The Morgan fingerprint density at radius 1 is 0.854 bits per heavy atom. The van der Waals surface area contributed by atoms with Crippen molar-refractivity contribution < 1.29 is 49.4 Å². The first kappa shape index (κ1) is 29.5. The molecule has 218 valence electrons. The van der Waals surface area contributed by atoms with Crippen LogP contribution in [0.25, 0.3) is 6.08 Å². The molecule has 11 heteroatoms. The van der Waals surface area contributed by atoms with Gasteiger partial charge in [0.2, 0.25) is 0 Å². The lowest BCUT2D eigenvalue weighted by atomic mass is 9.80. The van der Waals surface area contributed by atoms with Crippen LogP contribution in [-0.2, 0) is 30.3 Å². The van der Waals surface area contributed by atoms with Gasteiger partial charge in [0.15, 0.2) is 23.0 Å². The summed E-state index contributed by atoms with van der Waals surface area (Å²) in [6.45, 7) is 1.08. The number of ether oxygens (including phenoxy) is 2. The third kappa shape index (κ3) is 7.57. The number of carbonyl (C=O) groups is 3. The number of benzene rings is 2. The Balaban J connectivity index is 1.44. The van der Waals surface area contributed by atoms with Crippen molar-refractivity contribution in [2.45, 2.75) is 56.3 Å². The number of hydrogen-bond acceptors (Lipinski definition) is 10. The van der Waals surface area contributed by atoms with Gasteiger partial charge in [0.1, 0.15) is 17.8 Å². The maximum absolute atomic E-state index is 13.1. The van der Waals surface area contributed by atoms with E-state index in [0.29, 0.717) is 24.2 Å². The van der Waals surface area contributed by atoms with E-state index in [9.17, 15) is 39.9 Å². The number of amides is 1. The highest BCUT2D eigenvalue weighted by atomic mass is 16.6. The third-order valence-corrected chi connectivity index (χ3v) is 7.18. The van der Waals surface area contributed by atoms with Gasteiger partial charge in [-0.1, -0.05) is 18.2 Å². The topological polar surface area (TPSA) is 174 Å². The molecule has 5 N–H and O–H groups in total. The van der Waals surface area contributed by atoms with Gasteiger partial charge in [-0.2, -0.15) is 0 Å². The first-order chi connectivity index (χ1) is 19.5. The Labute approximate surface area is 236 Å². The van der Waals surface area contributed by atoms with E-state index in [0.717, 1.165) is 25.0 Å². The minimum absolute atomic E-state index is 0.0179. The van der Waals surface area contributed by atoms with Crippen molar-refractivity contribution in [2.24, 2.45) is 0 Å². The van der Waals surface area contributed by atoms with E-state index >= 15 is 0 Å². The van der Waals surface area contributed by atoms with Gasteiger partial charge >= 0.3 is 11.9 Å². The lowest BCUT2D eigenvalue weighted by Gasteiger charge is -2.40. The zero-order valence-electron chi connectivity index (χ0n) is 22.3. The van der Waals surface area contributed by atoms with Crippen molar-refractivity contribution in [3.63, 3.8) is 0 Å². The zero-order chi connectivity index (χ0) is 29.6. The van der Waals surface area contributed by atoms with Crippen molar-refractivity contribution in [1.29, 1.82) is 0 Å². The fourth-order valence-corrected chi connectivity index (χ4v) is 4.97. The van der Waals surface area contributed by atoms with Crippen LogP contribution in [0.5, 0.6) is 23.0 Å². The molecule has 0 radical (unpaired) electrons. The highest BCUT2D eigenvalue weighted by Gasteiger charge is 2.49. The molecule has 0 aromatic heterocycles. The van der Waals surface area contributed by atoms with Crippen LogP contribution in [-0.4, -0.2) is 79.2 Å². The molecular formula is C30H33NO10. The third-order valence-electron chi connectivity index (χ3n) is 7.18. The van der Waals surface area contributed by atoms with Crippen molar-refractivity contribution in [3.8, 4) is 23.0 Å². The molecule has 1 aliphatic carbocycles. The average molecular weight is 568 g/mol. The number of likely N-dealkylation sites (tertiary alicyclic amines) is 1. The summed E-state index contributed by atoms with van der Waals surface area (Å²) >= 11 is 0. The highest BCUT2D eigenvalue weighted by molar-refractivity contribution is 5.88. The molecule has 2 fully saturated rings. The van der Waals surface area contributed by atoms with Crippen LogP contribution < -0.4 is 0 Å². The first-order valence-electron chi connectivity index (χ1n) is 13.3. The highest BCUT2D eigenvalue weighted by Crippen LogP contribution is 2.35. The fraction of sp³-hybridized carbons (Fsp3) is 0.367. The van der Waals surface area contributed by atoms with Crippen LogP contribution in [0.1, 0.15) is 43.2 Å². The monoisotopic (exact) mass is 567 g/mol.